The number of para-hydroxylation sites is 1. The number of rotatable bonds is 6. The molecule has 0 spiro atoms. The number of nitrogens with one attached hydrogen (secondary N) is 1. The molecular weight excluding hydrogens is 443 g/mol. The normalized spacial score (nSPS) is 15.1. The molecular formula is C26H26F3N3O2. The molecule has 1 aliphatic rings. The second kappa shape index (κ2) is 9.44. The fourth-order valence-electron chi connectivity index (χ4n) is 4.52. The van der Waals surface area contributed by atoms with Gasteiger partial charge in [0.1, 0.15) is 0 Å². The van der Waals surface area contributed by atoms with Gasteiger partial charge in [-0.2, -0.15) is 13.2 Å². The van der Waals surface area contributed by atoms with Crippen molar-refractivity contribution in [1.29, 1.82) is 0 Å². The summed E-state index contributed by atoms with van der Waals surface area (Å²) >= 11 is 0. The second-order valence-corrected chi connectivity index (χ2v) is 8.68. The Hall–Kier alpha value is -3.42. The lowest BCUT2D eigenvalue weighted by atomic mass is 9.98. The van der Waals surface area contributed by atoms with Gasteiger partial charge in [-0.3, -0.25) is 14.6 Å². The number of amides is 2. The minimum Gasteiger partial charge on any atom is -0.347 e. The Kier molecular flexibility index (Phi) is 6.59. The number of nitrogens with zero attached hydrogens (tertiary/aromatic N) is 2. The summed E-state index contributed by atoms with van der Waals surface area (Å²) in [7, 11) is 0. The first-order valence-corrected chi connectivity index (χ1v) is 11.2. The first-order valence-electron chi connectivity index (χ1n) is 11.2. The van der Waals surface area contributed by atoms with Gasteiger partial charge in [-0.05, 0) is 55.2 Å². The average Bonchev–Trinajstić information content (AvgIpc) is 3.20. The highest BCUT2D eigenvalue weighted by Gasteiger charge is 2.32. The van der Waals surface area contributed by atoms with Crippen molar-refractivity contribution in [2.45, 2.75) is 45.3 Å². The van der Waals surface area contributed by atoms with Crippen molar-refractivity contribution < 1.29 is 22.8 Å². The molecule has 0 radical (unpaired) electrons. The standard InChI is InChI=1S/C26H26F3N3O2/c1-16-20-9-3-4-10-22(20)30-17(2)21(16)14-24(33)31-23(15-32-12-6-11-25(32)34)18-7-5-8-19(13-18)26(27,28)29/h3-5,7-10,13,23H,6,11-12,14-15H2,1-2H3,(H,31,33). The topological polar surface area (TPSA) is 62.3 Å². The molecule has 0 aliphatic carbocycles. The summed E-state index contributed by atoms with van der Waals surface area (Å²) in [4.78, 5) is 31.5. The van der Waals surface area contributed by atoms with Crippen molar-refractivity contribution in [3.8, 4) is 0 Å². The van der Waals surface area contributed by atoms with Crippen LogP contribution in [0.4, 0.5) is 13.2 Å². The third-order valence-corrected chi connectivity index (χ3v) is 6.35. The third-order valence-electron chi connectivity index (χ3n) is 6.35. The van der Waals surface area contributed by atoms with Gasteiger partial charge < -0.3 is 10.2 Å². The van der Waals surface area contributed by atoms with E-state index in [2.05, 4.69) is 10.3 Å². The van der Waals surface area contributed by atoms with Crippen molar-refractivity contribution in [1.82, 2.24) is 15.2 Å². The van der Waals surface area contributed by atoms with E-state index in [1.807, 2.05) is 38.1 Å². The largest absolute Gasteiger partial charge is 0.416 e. The van der Waals surface area contributed by atoms with Gasteiger partial charge in [0.15, 0.2) is 0 Å². The Morgan fingerprint density at radius 3 is 2.62 bits per heavy atom. The number of carbonyl (C=O) groups is 2. The molecule has 1 aliphatic heterocycles. The number of hydrogen-bond donors (Lipinski definition) is 1. The van der Waals surface area contributed by atoms with Crippen molar-refractivity contribution >= 4 is 22.7 Å². The van der Waals surface area contributed by atoms with Crippen molar-refractivity contribution in [2.24, 2.45) is 0 Å². The number of halogens is 3. The Labute approximate surface area is 196 Å². The van der Waals surface area contributed by atoms with E-state index in [0.717, 1.165) is 39.9 Å². The monoisotopic (exact) mass is 469 g/mol. The predicted octanol–water partition coefficient (Wildman–Crippen LogP) is 4.89. The summed E-state index contributed by atoms with van der Waals surface area (Å²) in [5.41, 5.74) is 2.84. The van der Waals surface area contributed by atoms with Crippen LogP contribution >= 0.6 is 0 Å². The zero-order valence-electron chi connectivity index (χ0n) is 19.1. The maximum atomic E-state index is 13.3. The minimum atomic E-state index is -4.50. The highest BCUT2D eigenvalue weighted by atomic mass is 19.4. The molecule has 8 heteroatoms. The molecule has 1 fully saturated rings. The molecule has 5 nitrogen and oxygen atoms in total. The maximum absolute atomic E-state index is 13.3. The molecule has 0 bridgehead atoms. The Bertz CT molecular complexity index is 1240. The van der Waals surface area contributed by atoms with Crippen LogP contribution in [-0.2, 0) is 22.2 Å². The van der Waals surface area contributed by atoms with Crippen LogP contribution in [0.25, 0.3) is 10.9 Å². The van der Waals surface area contributed by atoms with Gasteiger partial charge in [-0.1, -0.05) is 30.3 Å². The van der Waals surface area contributed by atoms with Crippen LogP contribution in [0.15, 0.2) is 48.5 Å². The molecule has 2 amide bonds. The molecule has 1 N–H and O–H groups in total. The van der Waals surface area contributed by atoms with Crippen molar-refractivity contribution in [2.75, 3.05) is 13.1 Å². The zero-order chi connectivity index (χ0) is 24.5. The molecule has 1 saturated heterocycles. The van der Waals surface area contributed by atoms with Gasteiger partial charge in [0.2, 0.25) is 11.8 Å². The van der Waals surface area contributed by atoms with Crippen molar-refractivity contribution in [3.63, 3.8) is 0 Å². The van der Waals surface area contributed by atoms with Crippen LogP contribution in [0.3, 0.4) is 0 Å². The van der Waals surface area contributed by atoms with Crippen molar-refractivity contribution in [3.05, 3.63) is 76.5 Å². The molecule has 1 unspecified atom stereocenters. The summed E-state index contributed by atoms with van der Waals surface area (Å²) in [6.07, 6.45) is -3.36. The maximum Gasteiger partial charge on any atom is 0.416 e. The van der Waals surface area contributed by atoms with Crippen LogP contribution in [0.5, 0.6) is 0 Å². The molecule has 1 aromatic heterocycles. The van der Waals surface area contributed by atoms with E-state index < -0.39 is 17.8 Å². The van der Waals surface area contributed by atoms with Gasteiger partial charge in [-0.15, -0.1) is 0 Å². The van der Waals surface area contributed by atoms with E-state index in [0.29, 0.717) is 24.9 Å². The molecule has 0 saturated carbocycles. The average molecular weight is 470 g/mol. The number of alkyl halides is 3. The van der Waals surface area contributed by atoms with E-state index in [4.69, 9.17) is 0 Å². The van der Waals surface area contributed by atoms with Gasteiger partial charge in [0.05, 0.1) is 23.5 Å². The SMILES string of the molecule is Cc1nc2ccccc2c(C)c1CC(=O)NC(CN1CCCC1=O)c1cccc(C(F)(F)F)c1. The van der Waals surface area contributed by atoms with Gasteiger partial charge >= 0.3 is 6.18 Å². The van der Waals surface area contributed by atoms with Crippen LogP contribution in [0.2, 0.25) is 0 Å². The van der Waals surface area contributed by atoms with E-state index in [1.165, 1.54) is 6.07 Å². The number of aromatic nitrogens is 1. The smallest absolute Gasteiger partial charge is 0.347 e. The van der Waals surface area contributed by atoms with Gasteiger partial charge in [-0.25, -0.2) is 0 Å². The number of hydrogen-bond acceptors (Lipinski definition) is 3. The van der Waals surface area contributed by atoms with Crippen LogP contribution in [-0.4, -0.2) is 34.8 Å². The van der Waals surface area contributed by atoms with E-state index in [1.54, 1.807) is 11.0 Å². The lowest BCUT2D eigenvalue weighted by Crippen LogP contribution is -2.39. The molecule has 1 atom stereocenters. The summed E-state index contributed by atoms with van der Waals surface area (Å²) in [6.45, 7) is 4.43. The molecule has 3 aromatic rings. The molecule has 178 valence electrons. The first-order chi connectivity index (χ1) is 16.1. The summed E-state index contributed by atoms with van der Waals surface area (Å²) < 4.78 is 39.9. The predicted molar refractivity (Wildman–Crippen MR) is 123 cm³/mol. The van der Waals surface area contributed by atoms with Crippen LogP contribution < -0.4 is 5.32 Å². The number of pyridine rings is 1. The number of likely N-dealkylation sites (tertiary alicyclic amines) is 1. The van der Waals surface area contributed by atoms with Crippen LogP contribution in [0, 0.1) is 13.8 Å². The quantitative estimate of drug-likeness (QED) is 0.559. The highest BCUT2D eigenvalue weighted by molar-refractivity contribution is 5.86. The Morgan fingerprint density at radius 1 is 1.15 bits per heavy atom. The summed E-state index contributed by atoms with van der Waals surface area (Å²) in [5.74, 6) is -0.394. The zero-order valence-corrected chi connectivity index (χ0v) is 19.1. The third kappa shape index (κ3) is 5.05. The van der Waals surface area contributed by atoms with E-state index in [-0.39, 0.29) is 24.8 Å². The lowest BCUT2D eigenvalue weighted by Gasteiger charge is -2.26. The molecule has 2 heterocycles. The van der Waals surface area contributed by atoms with Gasteiger partial charge in [0.25, 0.3) is 0 Å². The van der Waals surface area contributed by atoms with Crippen LogP contribution in [0.1, 0.15) is 46.8 Å². The number of carbonyl (C=O) groups excluding carboxylic acids is 2. The lowest BCUT2D eigenvalue weighted by molar-refractivity contribution is -0.137. The highest BCUT2D eigenvalue weighted by Crippen LogP contribution is 2.31. The van der Waals surface area contributed by atoms with E-state index in [9.17, 15) is 22.8 Å². The molecule has 2 aromatic carbocycles. The molecule has 34 heavy (non-hydrogen) atoms. The fourth-order valence-corrected chi connectivity index (χ4v) is 4.52. The first kappa shape index (κ1) is 23.7. The molecule has 4 rings (SSSR count). The number of fused-ring (bicyclic) bond motifs is 1. The summed E-state index contributed by atoms with van der Waals surface area (Å²) in [6, 6.07) is 11.8. The van der Waals surface area contributed by atoms with E-state index >= 15 is 0 Å². The summed E-state index contributed by atoms with van der Waals surface area (Å²) in [5, 5.41) is 3.83. The number of benzene rings is 2. The second-order valence-electron chi connectivity index (χ2n) is 8.68. The van der Waals surface area contributed by atoms with Gasteiger partial charge in [0, 0.05) is 30.6 Å². The Balaban J connectivity index is 1.61. The minimum absolute atomic E-state index is 0.0406. The fraction of sp³-hybridized carbons (Fsp3) is 0.346. The number of aryl methyl sites for hydroxylation is 2. The Morgan fingerprint density at radius 2 is 1.91 bits per heavy atom.